The molecule has 0 bridgehead atoms. The van der Waals surface area contributed by atoms with Crippen molar-refractivity contribution in [2.24, 2.45) is 23.7 Å². The van der Waals surface area contributed by atoms with Crippen molar-refractivity contribution in [3.63, 3.8) is 0 Å². The maximum Gasteiger partial charge on any atom is 0.142 e. The van der Waals surface area contributed by atoms with E-state index < -0.39 is 0 Å². The molecule has 0 radical (unpaired) electrons. The molecule has 2 fully saturated rings. The standard InChI is InChI=1S/C28H27FN2O2/c1-2-23-5-3-17(15-31-23)9-28(33)26(16-32)21-12-18-10-20(11-19(18)13-21)24-7-8-30-27-6-4-22(29)14-25(24)27/h1,3-8,14-15,18-21,26,32H,9-13,16H2/t18-,19+,20?,21?,26?. The number of carbonyl (C=O) groups excluding carboxylic acids is 1. The molecule has 168 valence electrons. The van der Waals surface area contributed by atoms with Crippen LogP contribution in [0, 0.1) is 41.8 Å². The minimum Gasteiger partial charge on any atom is -0.396 e. The summed E-state index contributed by atoms with van der Waals surface area (Å²) in [5.41, 5.74) is 3.39. The molecule has 0 spiro atoms. The van der Waals surface area contributed by atoms with E-state index in [9.17, 15) is 14.3 Å². The van der Waals surface area contributed by atoms with Gasteiger partial charge in [0, 0.05) is 30.1 Å². The highest BCUT2D eigenvalue weighted by Crippen LogP contribution is 2.54. The van der Waals surface area contributed by atoms with Crippen molar-refractivity contribution >= 4 is 16.7 Å². The van der Waals surface area contributed by atoms with Gasteiger partial charge in [-0.3, -0.25) is 9.78 Å². The van der Waals surface area contributed by atoms with Crippen molar-refractivity contribution in [2.45, 2.75) is 38.0 Å². The first-order valence-corrected chi connectivity index (χ1v) is 11.6. The van der Waals surface area contributed by atoms with Crippen LogP contribution >= 0.6 is 0 Å². The molecule has 5 rings (SSSR count). The topological polar surface area (TPSA) is 63.1 Å². The number of terminal acetylenes is 1. The Hall–Kier alpha value is -3.10. The summed E-state index contributed by atoms with van der Waals surface area (Å²) in [5.74, 6) is 3.66. The lowest BCUT2D eigenvalue weighted by Crippen LogP contribution is -2.28. The Morgan fingerprint density at radius 3 is 2.58 bits per heavy atom. The van der Waals surface area contributed by atoms with Gasteiger partial charge in [0.25, 0.3) is 0 Å². The summed E-state index contributed by atoms with van der Waals surface area (Å²) < 4.78 is 13.9. The number of ketones is 1. The Labute approximate surface area is 193 Å². The lowest BCUT2D eigenvalue weighted by Gasteiger charge is -2.22. The zero-order valence-electron chi connectivity index (χ0n) is 18.5. The number of aliphatic hydroxyl groups excluding tert-OH is 1. The number of benzene rings is 1. The van der Waals surface area contributed by atoms with Crippen LogP contribution in [0.15, 0.2) is 48.8 Å². The van der Waals surface area contributed by atoms with Gasteiger partial charge in [0.1, 0.15) is 17.3 Å². The van der Waals surface area contributed by atoms with Crippen LogP contribution < -0.4 is 0 Å². The summed E-state index contributed by atoms with van der Waals surface area (Å²) in [4.78, 5) is 21.6. The molecule has 1 N–H and O–H groups in total. The van der Waals surface area contributed by atoms with Crippen LogP contribution in [0.2, 0.25) is 0 Å². The number of hydrogen-bond donors (Lipinski definition) is 1. The summed E-state index contributed by atoms with van der Waals surface area (Å²) >= 11 is 0. The second kappa shape index (κ2) is 9.03. The van der Waals surface area contributed by atoms with Gasteiger partial charge in [0.05, 0.1) is 12.1 Å². The summed E-state index contributed by atoms with van der Waals surface area (Å²) in [7, 11) is 0. The van der Waals surface area contributed by atoms with Crippen LogP contribution in [0.4, 0.5) is 4.39 Å². The van der Waals surface area contributed by atoms with Crippen LogP contribution in [-0.2, 0) is 11.2 Å². The van der Waals surface area contributed by atoms with E-state index in [4.69, 9.17) is 6.42 Å². The van der Waals surface area contributed by atoms with Gasteiger partial charge in [-0.05, 0) is 90.8 Å². The molecule has 1 aromatic carbocycles. The first kappa shape index (κ1) is 21.7. The predicted molar refractivity (Wildman–Crippen MR) is 125 cm³/mol. The molecule has 5 heteroatoms. The number of halogens is 1. The molecule has 2 aromatic heterocycles. The third-order valence-electron chi connectivity index (χ3n) is 7.76. The molecule has 3 unspecified atom stereocenters. The first-order valence-electron chi connectivity index (χ1n) is 11.6. The van der Waals surface area contributed by atoms with Gasteiger partial charge in [0.15, 0.2) is 0 Å². The molecule has 0 aliphatic heterocycles. The Morgan fingerprint density at radius 1 is 1.12 bits per heavy atom. The van der Waals surface area contributed by atoms with E-state index in [1.807, 2.05) is 18.3 Å². The fraction of sp³-hybridized carbons (Fsp3) is 0.393. The maximum atomic E-state index is 13.9. The Balaban J connectivity index is 1.25. The monoisotopic (exact) mass is 442 g/mol. The van der Waals surface area contributed by atoms with Gasteiger partial charge < -0.3 is 5.11 Å². The van der Waals surface area contributed by atoms with Crippen LogP contribution in [0.3, 0.4) is 0 Å². The van der Waals surface area contributed by atoms with Gasteiger partial charge in [-0.1, -0.05) is 12.0 Å². The van der Waals surface area contributed by atoms with Gasteiger partial charge >= 0.3 is 0 Å². The van der Waals surface area contributed by atoms with Crippen molar-refractivity contribution in [1.29, 1.82) is 0 Å². The molecule has 4 nitrogen and oxygen atoms in total. The fourth-order valence-electron chi connectivity index (χ4n) is 6.20. The number of aromatic nitrogens is 2. The Morgan fingerprint density at radius 2 is 1.91 bits per heavy atom. The highest BCUT2D eigenvalue weighted by Gasteiger charge is 2.45. The van der Waals surface area contributed by atoms with Crippen molar-refractivity contribution in [3.8, 4) is 12.3 Å². The molecular formula is C28H27FN2O2. The summed E-state index contributed by atoms with van der Waals surface area (Å²) in [5, 5.41) is 11.0. The van der Waals surface area contributed by atoms with Crippen molar-refractivity contribution in [3.05, 3.63) is 71.4 Å². The van der Waals surface area contributed by atoms with Gasteiger partial charge in [-0.15, -0.1) is 6.42 Å². The van der Waals surface area contributed by atoms with Crippen molar-refractivity contribution in [2.75, 3.05) is 6.61 Å². The molecule has 33 heavy (non-hydrogen) atoms. The van der Waals surface area contributed by atoms with Crippen molar-refractivity contribution < 1.29 is 14.3 Å². The fourth-order valence-corrected chi connectivity index (χ4v) is 6.20. The highest BCUT2D eigenvalue weighted by atomic mass is 19.1. The average molecular weight is 443 g/mol. The number of hydrogen-bond acceptors (Lipinski definition) is 4. The number of rotatable bonds is 6. The third-order valence-corrected chi connectivity index (χ3v) is 7.76. The number of nitrogens with zero attached hydrogens (tertiary/aromatic N) is 2. The van der Waals surface area contributed by atoms with Gasteiger partial charge in [-0.25, -0.2) is 9.37 Å². The largest absolute Gasteiger partial charge is 0.396 e. The minimum absolute atomic E-state index is 0.0740. The van der Waals surface area contributed by atoms with Crippen LogP contribution in [-0.4, -0.2) is 27.5 Å². The van der Waals surface area contributed by atoms with Crippen LogP contribution in [0.1, 0.15) is 48.4 Å². The SMILES string of the molecule is C#Cc1ccc(CC(=O)C(CO)C2C[C@H]3CC(c4ccnc5ccc(F)cc45)C[C@H]3C2)cn1. The van der Waals surface area contributed by atoms with E-state index in [1.165, 1.54) is 11.6 Å². The Bertz CT molecular complexity index is 1200. The molecule has 0 amide bonds. The maximum absolute atomic E-state index is 13.9. The first-order chi connectivity index (χ1) is 16.1. The highest BCUT2D eigenvalue weighted by molar-refractivity contribution is 5.84. The number of pyridine rings is 2. The van der Waals surface area contributed by atoms with Gasteiger partial charge in [-0.2, -0.15) is 0 Å². The van der Waals surface area contributed by atoms with E-state index in [0.717, 1.165) is 42.1 Å². The quantitative estimate of drug-likeness (QED) is 0.563. The smallest absolute Gasteiger partial charge is 0.142 e. The molecule has 2 aliphatic carbocycles. The molecule has 2 heterocycles. The third kappa shape index (κ3) is 4.28. The number of fused-ring (bicyclic) bond motifs is 2. The lowest BCUT2D eigenvalue weighted by atomic mass is 9.82. The van der Waals surface area contributed by atoms with E-state index in [1.54, 1.807) is 24.4 Å². The molecule has 3 aromatic rings. The zero-order valence-corrected chi connectivity index (χ0v) is 18.5. The number of carbonyl (C=O) groups is 1. The summed E-state index contributed by atoms with van der Waals surface area (Å²) in [6, 6.07) is 10.4. The van der Waals surface area contributed by atoms with E-state index in [2.05, 4.69) is 15.9 Å². The van der Waals surface area contributed by atoms with Crippen LogP contribution in [0.25, 0.3) is 10.9 Å². The molecule has 5 atom stereocenters. The molecule has 2 aliphatic rings. The van der Waals surface area contributed by atoms with Crippen molar-refractivity contribution in [1.82, 2.24) is 9.97 Å². The zero-order chi connectivity index (χ0) is 22.9. The lowest BCUT2D eigenvalue weighted by molar-refractivity contribution is -0.125. The second-order valence-electron chi connectivity index (χ2n) is 9.61. The summed E-state index contributed by atoms with van der Waals surface area (Å²) in [6.07, 6.45) is 13.1. The van der Waals surface area contributed by atoms with E-state index >= 15 is 0 Å². The van der Waals surface area contributed by atoms with E-state index in [0.29, 0.717) is 23.4 Å². The molecule has 2 saturated carbocycles. The minimum atomic E-state index is -0.336. The number of Topliss-reactive ketones (excluding diaryl/α,β-unsaturated/α-hetero) is 1. The Kier molecular flexibility index (Phi) is 5.95. The average Bonchev–Trinajstić information content (AvgIpc) is 3.39. The second-order valence-corrected chi connectivity index (χ2v) is 9.61. The molecular weight excluding hydrogens is 415 g/mol. The normalized spacial score (nSPS) is 25.0. The predicted octanol–water partition coefficient (Wildman–Crippen LogP) is 4.69. The van der Waals surface area contributed by atoms with Gasteiger partial charge in [0.2, 0.25) is 0 Å². The number of aliphatic hydroxyl groups is 1. The van der Waals surface area contributed by atoms with E-state index in [-0.39, 0.29) is 36.5 Å². The summed E-state index contributed by atoms with van der Waals surface area (Å²) in [6.45, 7) is -0.115. The van der Waals surface area contributed by atoms with Crippen LogP contribution in [0.5, 0.6) is 0 Å². The molecule has 0 saturated heterocycles.